The maximum absolute atomic E-state index is 13.9. The SMILES string of the molecule is COc1c(F)ccc(F)c1C(=O)NCC1(C(=O)O)CCCCC1. The molecule has 2 N–H and O–H groups in total. The summed E-state index contributed by atoms with van der Waals surface area (Å²) < 4.78 is 32.2. The van der Waals surface area contributed by atoms with Crippen molar-refractivity contribution in [3.05, 3.63) is 29.3 Å². The fourth-order valence-corrected chi connectivity index (χ4v) is 2.98. The zero-order chi connectivity index (χ0) is 17.0. The molecule has 1 aliphatic carbocycles. The Morgan fingerprint density at radius 1 is 1.22 bits per heavy atom. The van der Waals surface area contributed by atoms with Gasteiger partial charge in [-0.1, -0.05) is 19.3 Å². The summed E-state index contributed by atoms with van der Waals surface area (Å²) in [6.07, 6.45) is 3.38. The summed E-state index contributed by atoms with van der Waals surface area (Å²) in [5, 5.41) is 11.9. The Labute approximate surface area is 132 Å². The second-order valence-electron chi connectivity index (χ2n) is 5.77. The molecule has 7 heteroatoms. The maximum Gasteiger partial charge on any atom is 0.311 e. The van der Waals surface area contributed by atoms with Crippen LogP contribution in [0.15, 0.2) is 12.1 Å². The predicted molar refractivity (Wildman–Crippen MR) is 78.4 cm³/mol. The van der Waals surface area contributed by atoms with Crippen LogP contribution in [0.25, 0.3) is 0 Å². The monoisotopic (exact) mass is 327 g/mol. The highest BCUT2D eigenvalue weighted by atomic mass is 19.1. The molecule has 5 nitrogen and oxygen atoms in total. The van der Waals surface area contributed by atoms with Crippen LogP contribution in [0.2, 0.25) is 0 Å². The number of nitrogens with one attached hydrogen (secondary N) is 1. The summed E-state index contributed by atoms with van der Waals surface area (Å²) in [6, 6.07) is 1.70. The lowest BCUT2D eigenvalue weighted by Crippen LogP contribution is -2.44. The first-order valence-electron chi connectivity index (χ1n) is 7.45. The first-order valence-corrected chi connectivity index (χ1v) is 7.45. The van der Waals surface area contributed by atoms with E-state index in [0.717, 1.165) is 38.5 Å². The highest BCUT2D eigenvalue weighted by Crippen LogP contribution is 2.36. The zero-order valence-corrected chi connectivity index (χ0v) is 12.8. The number of amides is 1. The van der Waals surface area contributed by atoms with Gasteiger partial charge in [0.15, 0.2) is 11.6 Å². The molecule has 1 fully saturated rings. The lowest BCUT2D eigenvalue weighted by molar-refractivity contribution is -0.150. The molecule has 0 saturated heterocycles. The molecule has 1 aromatic carbocycles. The molecule has 0 aliphatic heterocycles. The lowest BCUT2D eigenvalue weighted by atomic mass is 9.74. The molecule has 1 amide bonds. The van der Waals surface area contributed by atoms with E-state index in [9.17, 15) is 23.5 Å². The third-order valence-electron chi connectivity index (χ3n) is 4.34. The molecule has 0 unspecified atom stereocenters. The Kier molecular flexibility index (Phi) is 5.18. The first-order chi connectivity index (χ1) is 10.9. The number of carbonyl (C=O) groups excluding carboxylic acids is 1. The van der Waals surface area contributed by atoms with E-state index in [1.54, 1.807) is 0 Å². The fraction of sp³-hybridized carbons (Fsp3) is 0.500. The van der Waals surface area contributed by atoms with E-state index in [1.807, 2.05) is 0 Å². The molecule has 2 rings (SSSR count). The number of aliphatic carboxylic acids is 1. The number of carboxylic acids is 1. The molecule has 126 valence electrons. The van der Waals surface area contributed by atoms with Crippen LogP contribution in [-0.2, 0) is 4.79 Å². The molecule has 0 heterocycles. The minimum atomic E-state index is -1.05. The van der Waals surface area contributed by atoms with Gasteiger partial charge in [0.05, 0.1) is 12.5 Å². The first kappa shape index (κ1) is 17.2. The summed E-state index contributed by atoms with van der Waals surface area (Å²) in [7, 11) is 1.13. The molecule has 23 heavy (non-hydrogen) atoms. The standard InChI is InChI=1S/C16H19F2NO4/c1-23-13-11(18)6-5-10(17)12(13)14(20)19-9-16(15(21)22)7-3-2-4-8-16/h5-6H,2-4,7-9H2,1H3,(H,19,20)(H,21,22). The van der Waals surface area contributed by atoms with Gasteiger partial charge in [-0.25, -0.2) is 8.78 Å². The summed E-state index contributed by atoms with van der Waals surface area (Å²) in [5.41, 5.74) is -1.60. The number of rotatable bonds is 5. The Morgan fingerprint density at radius 2 is 1.83 bits per heavy atom. The van der Waals surface area contributed by atoms with E-state index >= 15 is 0 Å². The number of benzene rings is 1. The maximum atomic E-state index is 13.9. The summed E-state index contributed by atoms with van der Waals surface area (Å²) in [6.45, 7) is -0.125. The van der Waals surface area contributed by atoms with Gasteiger partial charge in [-0.05, 0) is 25.0 Å². The Balaban J connectivity index is 2.19. The second-order valence-corrected chi connectivity index (χ2v) is 5.77. The predicted octanol–water partition coefficient (Wildman–Crippen LogP) is 2.74. The molecule has 0 spiro atoms. The van der Waals surface area contributed by atoms with Crippen LogP contribution < -0.4 is 10.1 Å². The van der Waals surface area contributed by atoms with Gasteiger partial charge in [0, 0.05) is 6.54 Å². The van der Waals surface area contributed by atoms with Crippen molar-refractivity contribution in [3.8, 4) is 5.75 Å². The van der Waals surface area contributed by atoms with E-state index < -0.39 is 40.2 Å². The molecular weight excluding hydrogens is 308 g/mol. The van der Waals surface area contributed by atoms with Crippen LogP contribution in [0.1, 0.15) is 42.5 Å². The van der Waals surface area contributed by atoms with Gasteiger partial charge in [0.1, 0.15) is 11.4 Å². The molecule has 0 bridgehead atoms. The van der Waals surface area contributed by atoms with Crippen LogP contribution in [0, 0.1) is 17.0 Å². The number of carbonyl (C=O) groups is 2. The molecule has 0 aromatic heterocycles. The number of halogens is 2. The molecule has 0 atom stereocenters. The number of hydrogen-bond acceptors (Lipinski definition) is 3. The van der Waals surface area contributed by atoms with Crippen molar-refractivity contribution < 1.29 is 28.2 Å². The van der Waals surface area contributed by atoms with Crippen molar-refractivity contribution in [2.24, 2.45) is 5.41 Å². The zero-order valence-electron chi connectivity index (χ0n) is 12.8. The summed E-state index contributed by atoms with van der Waals surface area (Å²) in [5.74, 6) is -4.14. The largest absolute Gasteiger partial charge is 0.493 e. The Morgan fingerprint density at radius 3 is 2.39 bits per heavy atom. The smallest absolute Gasteiger partial charge is 0.311 e. The average Bonchev–Trinajstić information content (AvgIpc) is 2.55. The van der Waals surface area contributed by atoms with Crippen molar-refractivity contribution in [2.45, 2.75) is 32.1 Å². The van der Waals surface area contributed by atoms with Gasteiger partial charge in [-0.3, -0.25) is 9.59 Å². The van der Waals surface area contributed by atoms with Crippen LogP contribution in [0.4, 0.5) is 8.78 Å². The molecule has 1 aromatic rings. The van der Waals surface area contributed by atoms with Crippen LogP contribution in [0.3, 0.4) is 0 Å². The Bertz CT molecular complexity index is 612. The normalized spacial score (nSPS) is 16.7. The number of hydrogen-bond donors (Lipinski definition) is 2. The highest BCUT2D eigenvalue weighted by molar-refractivity contribution is 5.97. The number of ether oxygens (including phenoxy) is 1. The van der Waals surface area contributed by atoms with Crippen molar-refractivity contribution in [1.82, 2.24) is 5.32 Å². The van der Waals surface area contributed by atoms with E-state index in [4.69, 9.17) is 4.74 Å². The molecule has 1 saturated carbocycles. The van der Waals surface area contributed by atoms with Crippen LogP contribution in [0.5, 0.6) is 5.75 Å². The summed E-state index contributed by atoms with van der Waals surface area (Å²) in [4.78, 5) is 23.8. The minimum absolute atomic E-state index is 0.125. The van der Waals surface area contributed by atoms with E-state index in [-0.39, 0.29) is 6.54 Å². The van der Waals surface area contributed by atoms with Crippen LogP contribution in [-0.4, -0.2) is 30.6 Å². The van der Waals surface area contributed by atoms with Gasteiger partial charge in [0.25, 0.3) is 5.91 Å². The topological polar surface area (TPSA) is 75.6 Å². The van der Waals surface area contributed by atoms with Gasteiger partial charge >= 0.3 is 5.97 Å². The fourth-order valence-electron chi connectivity index (χ4n) is 2.98. The van der Waals surface area contributed by atoms with Gasteiger partial charge in [-0.2, -0.15) is 0 Å². The third kappa shape index (κ3) is 3.43. The number of carboxylic acid groups (broad SMARTS) is 1. The van der Waals surface area contributed by atoms with Crippen molar-refractivity contribution in [2.75, 3.05) is 13.7 Å². The second kappa shape index (κ2) is 6.93. The van der Waals surface area contributed by atoms with Crippen molar-refractivity contribution in [3.63, 3.8) is 0 Å². The van der Waals surface area contributed by atoms with Gasteiger partial charge in [-0.15, -0.1) is 0 Å². The van der Waals surface area contributed by atoms with Crippen molar-refractivity contribution >= 4 is 11.9 Å². The molecule has 1 aliphatic rings. The molecule has 0 radical (unpaired) electrons. The van der Waals surface area contributed by atoms with Gasteiger partial charge in [0.2, 0.25) is 0 Å². The quantitative estimate of drug-likeness (QED) is 0.872. The van der Waals surface area contributed by atoms with E-state index in [1.165, 1.54) is 0 Å². The third-order valence-corrected chi connectivity index (χ3v) is 4.34. The lowest BCUT2D eigenvalue weighted by Gasteiger charge is -2.33. The highest BCUT2D eigenvalue weighted by Gasteiger charge is 2.40. The van der Waals surface area contributed by atoms with E-state index in [2.05, 4.69) is 5.32 Å². The van der Waals surface area contributed by atoms with Crippen molar-refractivity contribution in [1.29, 1.82) is 0 Å². The average molecular weight is 327 g/mol. The minimum Gasteiger partial charge on any atom is -0.493 e. The van der Waals surface area contributed by atoms with Crippen LogP contribution >= 0.6 is 0 Å². The van der Waals surface area contributed by atoms with E-state index in [0.29, 0.717) is 12.8 Å². The number of methoxy groups -OCH3 is 1. The van der Waals surface area contributed by atoms with Gasteiger partial charge < -0.3 is 15.2 Å². The Hall–Kier alpha value is -2.18. The summed E-state index contributed by atoms with van der Waals surface area (Å²) >= 11 is 0. The molecular formula is C16H19F2NO4.